The van der Waals surface area contributed by atoms with Crippen LogP contribution in [0.2, 0.25) is 0 Å². The molecule has 2 fully saturated rings. The summed E-state index contributed by atoms with van der Waals surface area (Å²) in [5.41, 5.74) is 0. The van der Waals surface area contributed by atoms with Gasteiger partial charge in [-0.1, -0.05) is 26.2 Å². The first-order chi connectivity index (χ1) is 9.26. The van der Waals surface area contributed by atoms with Crippen LogP contribution >= 0.6 is 0 Å². The fraction of sp³-hybridized carbons (Fsp3) is 0.933. The Kier molecular flexibility index (Phi) is 5.64. The number of amides is 1. The molecular formula is C15H28N2O2. The van der Waals surface area contributed by atoms with E-state index < -0.39 is 0 Å². The molecule has 0 aromatic carbocycles. The lowest BCUT2D eigenvalue weighted by Gasteiger charge is -2.28. The standard InChI is InChI=1S/C15H28N2O2/c1-2-3-4-5-8-17(9-10-18)15(19)13-11-12-6-7-14(13)16-12/h12-14,16,18H,2-11H2,1H3. The predicted molar refractivity (Wildman–Crippen MR) is 75.9 cm³/mol. The number of unbranched alkanes of at least 4 members (excludes halogenated alkanes) is 3. The van der Waals surface area contributed by atoms with Crippen LogP contribution in [0.1, 0.15) is 51.9 Å². The van der Waals surface area contributed by atoms with E-state index in [4.69, 9.17) is 5.11 Å². The van der Waals surface area contributed by atoms with Crippen LogP contribution in [-0.2, 0) is 4.79 Å². The van der Waals surface area contributed by atoms with Gasteiger partial charge in [-0.3, -0.25) is 4.79 Å². The first-order valence-corrected chi connectivity index (χ1v) is 7.92. The van der Waals surface area contributed by atoms with Crippen molar-refractivity contribution >= 4 is 5.91 Å². The molecule has 2 saturated heterocycles. The SMILES string of the molecule is CCCCCCN(CCO)C(=O)C1CC2CCC1N2. The molecule has 0 spiro atoms. The second kappa shape index (κ2) is 7.25. The van der Waals surface area contributed by atoms with Crippen molar-refractivity contribution in [2.45, 2.75) is 64.0 Å². The zero-order chi connectivity index (χ0) is 13.7. The summed E-state index contributed by atoms with van der Waals surface area (Å²) in [7, 11) is 0. The van der Waals surface area contributed by atoms with Gasteiger partial charge in [0.1, 0.15) is 0 Å². The van der Waals surface area contributed by atoms with Gasteiger partial charge in [-0.2, -0.15) is 0 Å². The quantitative estimate of drug-likeness (QED) is 0.656. The maximum Gasteiger partial charge on any atom is 0.227 e. The number of nitrogens with zero attached hydrogens (tertiary/aromatic N) is 1. The number of carbonyl (C=O) groups is 1. The molecule has 2 aliphatic rings. The first kappa shape index (κ1) is 14.8. The second-order valence-electron chi connectivity index (χ2n) is 6.00. The van der Waals surface area contributed by atoms with Gasteiger partial charge >= 0.3 is 0 Å². The van der Waals surface area contributed by atoms with E-state index in [1.165, 1.54) is 25.7 Å². The van der Waals surface area contributed by atoms with Crippen molar-refractivity contribution in [3.63, 3.8) is 0 Å². The fourth-order valence-corrected chi connectivity index (χ4v) is 3.51. The Morgan fingerprint density at radius 3 is 2.68 bits per heavy atom. The highest BCUT2D eigenvalue weighted by molar-refractivity contribution is 5.80. The zero-order valence-electron chi connectivity index (χ0n) is 12.1. The van der Waals surface area contributed by atoms with E-state index in [1.807, 2.05) is 4.90 Å². The van der Waals surface area contributed by atoms with Crippen molar-refractivity contribution in [2.75, 3.05) is 19.7 Å². The fourth-order valence-electron chi connectivity index (χ4n) is 3.51. The molecule has 2 heterocycles. The van der Waals surface area contributed by atoms with E-state index in [-0.39, 0.29) is 18.4 Å². The Labute approximate surface area is 116 Å². The minimum Gasteiger partial charge on any atom is -0.395 e. The number of rotatable bonds is 8. The third-order valence-corrected chi connectivity index (χ3v) is 4.58. The number of aliphatic hydroxyl groups excluding tert-OH is 1. The molecule has 2 aliphatic heterocycles. The summed E-state index contributed by atoms with van der Waals surface area (Å²) in [6, 6.07) is 0.962. The Morgan fingerprint density at radius 1 is 1.26 bits per heavy atom. The number of nitrogens with one attached hydrogen (secondary N) is 1. The molecule has 4 nitrogen and oxygen atoms in total. The van der Waals surface area contributed by atoms with E-state index in [0.717, 1.165) is 25.8 Å². The van der Waals surface area contributed by atoms with Crippen LogP contribution in [0, 0.1) is 5.92 Å². The van der Waals surface area contributed by atoms with Crippen LogP contribution in [0.3, 0.4) is 0 Å². The molecule has 3 unspecified atom stereocenters. The van der Waals surface area contributed by atoms with Crippen LogP contribution in [0.5, 0.6) is 0 Å². The molecule has 1 amide bonds. The Morgan fingerprint density at radius 2 is 2.11 bits per heavy atom. The van der Waals surface area contributed by atoms with E-state index >= 15 is 0 Å². The van der Waals surface area contributed by atoms with Gasteiger partial charge in [-0.15, -0.1) is 0 Å². The van der Waals surface area contributed by atoms with Crippen molar-refractivity contribution in [3.8, 4) is 0 Å². The van der Waals surface area contributed by atoms with Crippen molar-refractivity contribution in [2.24, 2.45) is 5.92 Å². The van der Waals surface area contributed by atoms with Crippen molar-refractivity contribution < 1.29 is 9.90 Å². The molecule has 0 saturated carbocycles. The van der Waals surface area contributed by atoms with Crippen molar-refractivity contribution in [1.82, 2.24) is 10.2 Å². The van der Waals surface area contributed by atoms with Gasteiger partial charge in [0.2, 0.25) is 5.91 Å². The van der Waals surface area contributed by atoms with E-state index in [1.54, 1.807) is 0 Å². The van der Waals surface area contributed by atoms with Crippen LogP contribution < -0.4 is 5.32 Å². The molecule has 4 heteroatoms. The van der Waals surface area contributed by atoms with Gasteiger partial charge in [0.05, 0.1) is 12.5 Å². The summed E-state index contributed by atoms with van der Waals surface area (Å²) in [5, 5.41) is 12.7. The number of hydrogen-bond donors (Lipinski definition) is 2. The Bertz CT molecular complexity index is 296. The van der Waals surface area contributed by atoms with E-state index in [0.29, 0.717) is 18.6 Å². The van der Waals surface area contributed by atoms with Gasteiger partial charge in [-0.25, -0.2) is 0 Å². The minimum absolute atomic E-state index is 0.0771. The number of carbonyl (C=O) groups excluding carboxylic acids is 1. The summed E-state index contributed by atoms with van der Waals surface area (Å²) < 4.78 is 0. The summed E-state index contributed by atoms with van der Waals surface area (Å²) >= 11 is 0. The second-order valence-corrected chi connectivity index (χ2v) is 6.00. The highest BCUT2D eigenvalue weighted by atomic mass is 16.3. The molecule has 0 aromatic rings. The maximum atomic E-state index is 12.6. The molecule has 0 aliphatic carbocycles. The molecule has 3 atom stereocenters. The summed E-state index contributed by atoms with van der Waals surface area (Å²) in [4.78, 5) is 14.5. The highest BCUT2D eigenvalue weighted by Crippen LogP contribution is 2.34. The molecule has 2 N–H and O–H groups in total. The molecular weight excluding hydrogens is 240 g/mol. The molecule has 19 heavy (non-hydrogen) atoms. The van der Waals surface area contributed by atoms with E-state index in [9.17, 15) is 4.79 Å². The van der Waals surface area contributed by atoms with Gasteiger partial charge in [0.15, 0.2) is 0 Å². The van der Waals surface area contributed by atoms with Gasteiger partial charge < -0.3 is 15.3 Å². The first-order valence-electron chi connectivity index (χ1n) is 7.92. The number of aliphatic hydroxyl groups is 1. The van der Waals surface area contributed by atoms with Crippen LogP contribution in [0.4, 0.5) is 0 Å². The van der Waals surface area contributed by atoms with Gasteiger partial charge in [0.25, 0.3) is 0 Å². The summed E-state index contributed by atoms with van der Waals surface area (Å²) in [6.45, 7) is 3.58. The van der Waals surface area contributed by atoms with Gasteiger partial charge in [-0.05, 0) is 25.7 Å². The maximum absolute atomic E-state index is 12.6. The molecule has 0 radical (unpaired) electrons. The lowest BCUT2D eigenvalue weighted by molar-refractivity contribution is -0.136. The minimum atomic E-state index is 0.0771. The van der Waals surface area contributed by atoms with Crippen LogP contribution in [0.25, 0.3) is 0 Å². The third-order valence-electron chi connectivity index (χ3n) is 4.58. The average molecular weight is 268 g/mol. The average Bonchev–Trinajstić information content (AvgIpc) is 3.04. The topological polar surface area (TPSA) is 52.6 Å². The summed E-state index contributed by atoms with van der Waals surface area (Å²) in [6.07, 6.45) is 8.06. The molecule has 110 valence electrons. The largest absolute Gasteiger partial charge is 0.395 e. The molecule has 0 aromatic heterocycles. The Hall–Kier alpha value is -0.610. The lowest BCUT2D eigenvalue weighted by Crippen LogP contribution is -2.42. The summed E-state index contributed by atoms with van der Waals surface area (Å²) in [5.74, 6) is 0.432. The Balaban J connectivity index is 1.81. The zero-order valence-corrected chi connectivity index (χ0v) is 12.1. The monoisotopic (exact) mass is 268 g/mol. The molecule has 2 bridgehead atoms. The molecule has 2 rings (SSSR count). The number of fused-ring (bicyclic) bond motifs is 2. The van der Waals surface area contributed by atoms with Crippen LogP contribution in [0.15, 0.2) is 0 Å². The smallest absolute Gasteiger partial charge is 0.227 e. The lowest BCUT2D eigenvalue weighted by atomic mass is 9.88. The number of hydrogen-bond acceptors (Lipinski definition) is 3. The van der Waals surface area contributed by atoms with E-state index in [2.05, 4.69) is 12.2 Å². The third kappa shape index (κ3) is 3.69. The van der Waals surface area contributed by atoms with Crippen molar-refractivity contribution in [1.29, 1.82) is 0 Å². The normalized spacial score (nSPS) is 28.8. The van der Waals surface area contributed by atoms with Crippen LogP contribution in [-0.4, -0.2) is 47.7 Å². The highest BCUT2D eigenvalue weighted by Gasteiger charge is 2.43. The predicted octanol–water partition coefficient (Wildman–Crippen LogP) is 1.53. The van der Waals surface area contributed by atoms with Gasteiger partial charge in [0, 0.05) is 25.2 Å². The van der Waals surface area contributed by atoms with Crippen molar-refractivity contribution in [3.05, 3.63) is 0 Å².